The Morgan fingerprint density at radius 3 is 2.74 bits per heavy atom. The second-order valence-electron chi connectivity index (χ2n) is 3.91. The number of aromatic nitrogens is 4. The standard InChI is InChI=1S/C10H13N5O2S2/c1-19(16,17)12-6-7-15-9(13-14-10(15)18)8-2-4-11-5-3-8/h2-5,12H,6-7H2,1H3,(H,14,18). The van der Waals surface area contributed by atoms with Crippen LogP contribution in [0.15, 0.2) is 24.5 Å². The summed E-state index contributed by atoms with van der Waals surface area (Å²) in [5, 5.41) is 6.84. The van der Waals surface area contributed by atoms with Crippen LogP contribution in [0.5, 0.6) is 0 Å². The quantitative estimate of drug-likeness (QED) is 0.787. The van der Waals surface area contributed by atoms with Crippen LogP contribution >= 0.6 is 12.2 Å². The van der Waals surface area contributed by atoms with Crippen molar-refractivity contribution < 1.29 is 8.42 Å². The minimum Gasteiger partial charge on any atom is -0.299 e. The van der Waals surface area contributed by atoms with Gasteiger partial charge in [0.05, 0.1) is 6.26 Å². The molecule has 0 atom stereocenters. The van der Waals surface area contributed by atoms with E-state index >= 15 is 0 Å². The molecule has 0 aliphatic rings. The van der Waals surface area contributed by atoms with Gasteiger partial charge in [-0.1, -0.05) is 0 Å². The maximum absolute atomic E-state index is 11.0. The molecule has 102 valence electrons. The van der Waals surface area contributed by atoms with Crippen LogP contribution in [0.1, 0.15) is 0 Å². The SMILES string of the molecule is CS(=O)(=O)NCCn1c(-c2ccncc2)n[nH]c1=S. The molecule has 0 amide bonds. The van der Waals surface area contributed by atoms with E-state index in [9.17, 15) is 8.42 Å². The molecule has 2 aromatic heterocycles. The van der Waals surface area contributed by atoms with Crippen LogP contribution < -0.4 is 4.72 Å². The average Bonchev–Trinajstić information content (AvgIpc) is 2.71. The average molecular weight is 299 g/mol. The Bertz CT molecular complexity index is 705. The monoisotopic (exact) mass is 299 g/mol. The summed E-state index contributed by atoms with van der Waals surface area (Å²) in [7, 11) is -3.21. The minimum absolute atomic E-state index is 0.255. The van der Waals surface area contributed by atoms with Gasteiger partial charge in [-0.2, -0.15) is 5.10 Å². The van der Waals surface area contributed by atoms with Crippen molar-refractivity contribution in [3.63, 3.8) is 0 Å². The van der Waals surface area contributed by atoms with E-state index in [1.807, 2.05) is 12.1 Å². The van der Waals surface area contributed by atoms with E-state index in [4.69, 9.17) is 12.2 Å². The highest BCUT2D eigenvalue weighted by Crippen LogP contribution is 2.15. The lowest BCUT2D eigenvalue weighted by Gasteiger charge is -2.07. The van der Waals surface area contributed by atoms with Crippen LogP contribution in [0, 0.1) is 4.77 Å². The number of hydrogen-bond acceptors (Lipinski definition) is 5. The Hall–Kier alpha value is -1.58. The highest BCUT2D eigenvalue weighted by molar-refractivity contribution is 7.88. The van der Waals surface area contributed by atoms with Gasteiger partial charge in [-0.3, -0.25) is 14.6 Å². The van der Waals surface area contributed by atoms with E-state index in [2.05, 4.69) is 19.9 Å². The first-order valence-electron chi connectivity index (χ1n) is 5.47. The zero-order valence-electron chi connectivity index (χ0n) is 10.2. The number of rotatable bonds is 5. The molecule has 0 saturated heterocycles. The summed E-state index contributed by atoms with van der Waals surface area (Å²) in [6.45, 7) is 0.658. The van der Waals surface area contributed by atoms with E-state index in [-0.39, 0.29) is 6.54 Å². The minimum atomic E-state index is -3.21. The smallest absolute Gasteiger partial charge is 0.208 e. The molecule has 2 N–H and O–H groups in total. The van der Waals surface area contributed by atoms with Gasteiger partial charge in [-0.05, 0) is 24.4 Å². The lowest BCUT2D eigenvalue weighted by molar-refractivity contribution is 0.578. The number of sulfonamides is 1. The lowest BCUT2D eigenvalue weighted by atomic mass is 10.2. The van der Waals surface area contributed by atoms with Crippen molar-refractivity contribution in [2.24, 2.45) is 0 Å². The van der Waals surface area contributed by atoms with Gasteiger partial charge < -0.3 is 0 Å². The first kappa shape index (κ1) is 13.8. The third-order valence-electron chi connectivity index (χ3n) is 2.40. The molecule has 0 radical (unpaired) electrons. The Morgan fingerprint density at radius 1 is 1.42 bits per heavy atom. The molecule has 2 aromatic rings. The molecule has 0 aliphatic heterocycles. The van der Waals surface area contributed by atoms with Crippen LogP contribution in [-0.4, -0.2) is 41.0 Å². The molecule has 7 nitrogen and oxygen atoms in total. The summed E-state index contributed by atoms with van der Waals surface area (Å²) in [4.78, 5) is 3.94. The summed E-state index contributed by atoms with van der Waals surface area (Å²) < 4.78 is 26.6. The molecule has 2 heterocycles. The van der Waals surface area contributed by atoms with Gasteiger partial charge in [-0.15, -0.1) is 0 Å². The van der Waals surface area contributed by atoms with Crippen molar-refractivity contribution in [2.75, 3.05) is 12.8 Å². The van der Waals surface area contributed by atoms with E-state index in [1.54, 1.807) is 17.0 Å². The van der Waals surface area contributed by atoms with Crippen LogP contribution in [0.3, 0.4) is 0 Å². The van der Waals surface area contributed by atoms with Gasteiger partial charge in [-0.25, -0.2) is 13.1 Å². The topological polar surface area (TPSA) is 92.7 Å². The van der Waals surface area contributed by atoms with E-state index in [0.29, 0.717) is 17.1 Å². The summed E-state index contributed by atoms with van der Waals surface area (Å²) >= 11 is 5.13. The van der Waals surface area contributed by atoms with Gasteiger partial charge >= 0.3 is 0 Å². The summed E-state index contributed by atoms with van der Waals surface area (Å²) in [6, 6.07) is 3.62. The number of nitrogens with zero attached hydrogens (tertiary/aromatic N) is 3. The molecule has 0 saturated carbocycles. The van der Waals surface area contributed by atoms with Gasteiger partial charge in [0.2, 0.25) is 10.0 Å². The summed E-state index contributed by atoms with van der Waals surface area (Å²) in [5.41, 5.74) is 0.863. The molecule has 0 aromatic carbocycles. The Balaban J connectivity index is 2.22. The number of aromatic amines is 1. The molecular weight excluding hydrogens is 286 g/mol. The molecule has 19 heavy (non-hydrogen) atoms. The number of hydrogen-bond donors (Lipinski definition) is 2. The zero-order valence-corrected chi connectivity index (χ0v) is 11.8. The second kappa shape index (κ2) is 5.59. The van der Waals surface area contributed by atoms with Crippen molar-refractivity contribution in [2.45, 2.75) is 6.54 Å². The van der Waals surface area contributed by atoms with E-state index in [0.717, 1.165) is 11.8 Å². The molecule has 0 spiro atoms. The maximum Gasteiger partial charge on any atom is 0.208 e. The fraction of sp³-hybridized carbons (Fsp3) is 0.300. The van der Waals surface area contributed by atoms with Crippen LogP contribution in [-0.2, 0) is 16.6 Å². The third kappa shape index (κ3) is 3.69. The van der Waals surface area contributed by atoms with Crippen molar-refractivity contribution in [3.05, 3.63) is 29.3 Å². The lowest BCUT2D eigenvalue weighted by Crippen LogP contribution is -2.26. The fourth-order valence-corrected chi connectivity index (χ4v) is 2.27. The molecular formula is C10H13N5O2S2. The summed E-state index contributed by atoms with van der Waals surface area (Å²) in [6.07, 6.45) is 4.43. The predicted molar refractivity (Wildman–Crippen MR) is 73.5 cm³/mol. The van der Waals surface area contributed by atoms with Crippen LogP contribution in [0.25, 0.3) is 11.4 Å². The Labute approximate surface area is 115 Å². The molecule has 0 bridgehead atoms. The van der Waals surface area contributed by atoms with Gasteiger partial charge in [0.15, 0.2) is 10.6 Å². The Morgan fingerprint density at radius 2 is 2.11 bits per heavy atom. The van der Waals surface area contributed by atoms with Gasteiger partial charge in [0, 0.05) is 31.0 Å². The molecule has 0 fully saturated rings. The number of H-pyrrole nitrogens is 1. The molecule has 0 unspecified atom stereocenters. The normalized spacial score (nSPS) is 11.6. The first-order chi connectivity index (χ1) is 8.97. The van der Waals surface area contributed by atoms with Crippen LogP contribution in [0.4, 0.5) is 0 Å². The second-order valence-corrected chi connectivity index (χ2v) is 6.13. The molecule has 0 aliphatic carbocycles. The summed E-state index contributed by atoms with van der Waals surface area (Å²) in [5.74, 6) is 0.655. The maximum atomic E-state index is 11.0. The van der Waals surface area contributed by atoms with Crippen molar-refractivity contribution in [3.8, 4) is 11.4 Å². The molecule has 2 rings (SSSR count). The zero-order chi connectivity index (χ0) is 13.9. The largest absolute Gasteiger partial charge is 0.299 e. The van der Waals surface area contributed by atoms with Crippen molar-refractivity contribution in [1.82, 2.24) is 24.5 Å². The van der Waals surface area contributed by atoms with Gasteiger partial charge in [0.1, 0.15) is 0 Å². The highest BCUT2D eigenvalue weighted by Gasteiger charge is 2.09. The number of nitrogens with one attached hydrogen (secondary N) is 2. The third-order valence-corrected chi connectivity index (χ3v) is 3.44. The molecule has 9 heteroatoms. The van der Waals surface area contributed by atoms with Gasteiger partial charge in [0.25, 0.3) is 0 Å². The highest BCUT2D eigenvalue weighted by atomic mass is 32.2. The Kier molecular flexibility index (Phi) is 4.08. The van der Waals surface area contributed by atoms with E-state index in [1.165, 1.54) is 0 Å². The van der Waals surface area contributed by atoms with E-state index < -0.39 is 10.0 Å². The number of pyridine rings is 1. The van der Waals surface area contributed by atoms with Crippen LogP contribution in [0.2, 0.25) is 0 Å². The predicted octanol–water partition coefficient (Wildman–Crippen LogP) is 0.552. The first-order valence-corrected chi connectivity index (χ1v) is 7.77. The van der Waals surface area contributed by atoms with Crippen molar-refractivity contribution >= 4 is 22.2 Å². The van der Waals surface area contributed by atoms with Crippen molar-refractivity contribution in [1.29, 1.82) is 0 Å². The fourth-order valence-electron chi connectivity index (χ4n) is 1.59.